The molecule has 0 aliphatic heterocycles. The Labute approximate surface area is 120 Å². The van der Waals surface area contributed by atoms with Gasteiger partial charge in [-0.25, -0.2) is 0 Å². The van der Waals surface area contributed by atoms with E-state index < -0.39 is 0 Å². The van der Waals surface area contributed by atoms with Gasteiger partial charge in [0.05, 0.1) is 6.61 Å². The fraction of sp³-hybridized carbons (Fsp3) is 0.571. The Hall–Kier alpha value is -0.280. The van der Waals surface area contributed by atoms with Gasteiger partial charge >= 0.3 is 0 Å². The van der Waals surface area contributed by atoms with Crippen molar-refractivity contribution in [3.63, 3.8) is 0 Å². The summed E-state index contributed by atoms with van der Waals surface area (Å²) in [5, 5.41) is 10.6. The number of aliphatic hydroxyl groups is 1. The summed E-state index contributed by atoms with van der Waals surface area (Å²) in [6, 6.07) is 6.01. The molecule has 0 unspecified atom stereocenters. The summed E-state index contributed by atoms with van der Waals surface area (Å²) >= 11 is 12.4. The van der Waals surface area contributed by atoms with Gasteiger partial charge in [0, 0.05) is 34.7 Å². The number of hydrogen-bond acceptors (Lipinski definition) is 2. The van der Waals surface area contributed by atoms with Gasteiger partial charge in [-0.05, 0) is 25.0 Å². The van der Waals surface area contributed by atoms with E-state index in [1.807, 2.05) is 18.2 Å². The normalized spacial score (nSPS) is 11.5. The van der Waals surface area contributed by atoms with Gasteiger partial charge in [0.25, 0.3) is 0 Å². The summed E-state index contributed by atoms with van der Waals surface area (Å²) < 4.78 is 0. The van der Waals surface area contributed by atoms with Crippen LogP contribution in [-0.2, 0) is 6.54 Å². The number of hydrogen-bond donors (Lipinski definition) is 1. The monoisotopic (exact) mass is 289 g/mol. The van der Waals surface area contributed by atoms with E-state index in [1.165, 1.54) is 0 Å². The van der Waals surface area contributed by atoms with Crippen molar-refractivity contribution in [2.75, 3.05) is 13.2 Å². The van der Waals surface area contributed by atoms with Gasteiger partial charge < -0.3 is 5.11 Å². The summed E-state index contributed by atoms with van der Waals surface area (Å²) in [4.78, 5) is 2.24. The van der Waals surface area contributed by atoms with Gasteiger partial charge in [0.1, 0.15) is 0 Å². The summed E-state index contributed by atoms with van der Waals surface area (Å²) in [5.74, 6) is 0. The Kier molecular flexibility index (Phi) is 7.02. The van der Waals surface area contributed by atoms with Gasteiger partial charge in [-0.3, -0.25) is 4.90 Å². The molecule has 102 valence electrons. The first kappa shape index (κ1) is 15.8. The number of halogens is 2. The van der Waals surface area contributed by atoms with Crippen molar-refractivity contribution in [2.24, 2.45) is 0 Å². The third kappa shape index (κ3) is 4.13. The third-order valence-corrected chi connectivity index (χ3v) is 3.98. The van der Waals surface area contributed by atoms with Gasteiger partial charge in [0.15, 0.2) is 0 Å². The second-order valence-corrected chi connectivity index (χ2v) is 5.18. The van der Waals surface area contributed by atoms with Crippen molar-refractivity contribution in [1.82, 2.24) is 4.90 Å². The first-order valence-corrected chi connectivity index (χ1v) is 7.17. The van der Waals surface area contributed by atoms with E-state index in [4.69, 9.17) is 23.2 Å². The quantitative estimate of drug-likeness (QED) is 0.821. The lowest BCUT2D eigenvalue weighted by Crippen LogP contribution is -2.36. The highest BCUT2D eigenvalue weighted by Gasteiger charge is 2.17. The Balaban J connectivity index is 2.89. The predicted molar refractivity (Wildman–Crippen MR) is 78.3 cm³/mol. The maximum absolute atomic E-state index is 9.19. The molecule has 18 heavy (non-hydrogen) atoms. The Morgan fingerprint density at radius 2 is 1.72 bits per heavy atom. The molecule has 0 aliphatic rings. The number of benzene rings is 1. The third-order valence-electron chi connectivity index (χ3n) is 3.27. The molecule has 1 N–H and O–H groups in total. The second-order valence-electron chi connectivity index (χ2n) is 4.36. The predicted octanol–water partition coefficient (Wildman–Crippen LogP) is 3.98. The van der Waals surface area contributed by atoms with Gasteiger partial charge in [-0.15, -0.1) is 0 Å². The molecule has 1 rings (SSSR count). The van der Waals surface area contributed by atoms with Crippen LogP contribution in [0.1, 0.15) is 32.3 Å². The van der Waals surface area contributed by atoms with Crippen molar-refractivity contribution >= 4 is 23.2 Å². The van der Waals surface area contributed by atoms with Crippen molar-refractivity contribution in [2.45, 2.75) is 39.3 Å². The molecule has 0 atom stereocenters. The average molecular weight is 290 g/mol. The zero-order valence-electron chi connectivity index (χ0n) is 11.0. The minimum absolute atomic E-state index is 0.151. The van der Waals surface area contributed by atoms with Crippen LogP contribution < -0.4 is 0 Å². The Morgan fingerprint density at radius 3 is 2.17 bits per heavy atom. The first-order valence-electron chi connectivity index (χ1n) is 6.41. The minimum Gasteiger partial charge on any atom is -0.395 e. The molecule has 0 aromatic heterocycles. The molecule has 2 nitrogen and oxygen atoms in total. The molecule has 0 fully saturated rings. The van der Waals surface area contributed by atoms with Crippen LogP contribution in [0.15, 0.2) is 18.2 Å². The van der Waals surface area contributed by atoms with Crippen molar-refractivity contribution in [3.05, 3.63) is 33.8 Å². The van der Waals surface area contributed by atoms with E-state index in [-0.39, 0.29) is 6.61 Å². The van der Waals surface area contributed by atoms with Crippen molar-refractivity contribution < 1.29 is 5.11 Å². The van der Waals surface area contributed by atoms with E-state index in [0.717, 1.165) is 18.4 Å². The van der Waals surface area contributed by atoms with Crippen LogP contribution in [0.25, 0.3) is 0 Å². The maximum atomic E-state index is 9.19. The highest BCUT2D eigenvalue weighted by atomic mass is 35.5. The highest BCUT2D eigenvalue weighted by Crippen LogP contribution is 2.26. The molecule has 0 saturated carbocycles. The van der Waals surface area contributed by atoms with E-state index in [2.05, 4.69) is 18.7 Å². The molecule has 0 aliphatic carbocycles. The molecular formula is C14H21Cl2NO. The van der Waals surface area contributed by atoms with E-state index in [9.17, 15) is 5.11 Å². The van der Waals surface area contributed by atoms with Crippen LogP contribution in [0.5, 0.6) is 0 Å². The standard InChI is InChI=1S/C14H21Cl2NO/c1-3-11(4-2)17(8-9-18)10-12-13(15)6-5-7-14(12)16/h5-7,11,18H,3-4,8-10H2,1-2H3. The molecule has 0 radical (unpaired) electrons. The van der Waals surface area contributed by atoms with E-state index >= 15 is 0 Å². The molecule has 0 amide bonds. The average Bonchev–Trinajstić information content (AvgIpc) is 2.35. The van der Waals surface area contributed by atoms with Gasteiger partial charge in [-0.2, -0.15) is 0 Å². The van der Waals surface area contributed by atoms with Crippen LogP contribution in [0.2, 0.25) is 10.0 Å². The summed E-state index contributed by atoms with van der Waals surface area (Å²) in [7, 11) is 0. The highest BCUT2D eigenvalue weighted by molar-refractivity contribution is 6.35. The lowest BCUT2D eigenvalue weighted by atomic mass is 10.1. The van der Waals surface area contributed by atoms with Crippen LogP contribution in [0.3, 0.4) is 0 Å². The maximum Gasteiger partial charge on any atom is 0.0558 e. The lowest BCUT2D eigenvalue weighted by Gasteiger charge is -2.30. The van der Waals surface area contributed by atoms with Crippen LogP contribution >= 0.6 is 23.2 Å². The zero-order chi connectivity index (χ0) is 13.5. The molecule has 0 saturated heterocycles. The molecule has 0 bridgehead atoms. The lowest BCUT2D eigenvalue weighted by molar-refractivity contribution is 0.136. The summed E-state index contributed by atoms with van der Waals surface area (Å²) in [5.41, 5.74) is 0.946. The van der Waals surface area contributed by atoms with Crippen LogP contribution in [-0.4, -0.2) is 29.2 Å². The van der Waals surface area contributed by atoms with Crippen molar-refractivity contribution in [3.8, 4) is 0 Å². The van der Waals surface area contributed by atoms with Gasteiger partial charge in [-0.1, -0.05) is 43.1 Å². The molecule has 1 aromatic carbocycles. The van der Waals surface area contributed by atoms with E-state index in [1.54, 1.807) is 0 Å². The molecule has 1 aromatic rings. The molecule has 4 heteroatoms. The van der Waals surface area contributed by atoms with Crippen LogP contribution in [0.4, 0.5) is 0 Å². The Morgan fingerprint density at radius 1 is 1.17 bits per heavy atom. The van der Waals surface area contributed by atoms with E-state index in [0.29, 0.717) is 29.2 Å². The Bertz CT molecular complexity index is 347. The minimum atomic E-state index is 0.151. The smallest absolute Gasteiger partial charge is 0.0558 e. The second kappa shape index (κ2) is 8.00. The summed E-state index contributed by atoms with van der Waals surface area (Å²) in [6.07, 6.45) is 2.11. The SMILES string of the molecule is CCC(CC)N(CCO)Cc1c(Cl)cccc1Cl. The fourth-order valence-corrected chi connectivity index (χ4v) is 2.73. The fourth-order valence-electron chi connectivity index (χ4n) is 2.21. The van der Waals surface area contributed by atoms with Gasteiger partial charge in [0.2, 0.25) is 0 Å². The molecular weight excluding hydrogens is 269 g/mol. The largest absolute Gasteiger partial charge is 0.395 e. The number of aliphatic hydroxyl groups excluding tert-OH is 1. The zero-order valence-corrected chi connectivity index (χ0v) is 12.5. The number of rotatable bonds is 7. The molecule has 0 heterocycles. The topological polar surface area (TPSA) is 23.5 Å². The summed E-state index contributed by atoms with van der Waals surface area (Å²) in [6.45, 7) is 5.80. The van der Waals surface area contributed by atoms with Crippen molar-refractivity contribution in [1.29, 1.82) is 0 Å². The molecule has 0 spiro atoms. The first-order chi connectivity index (χ1) is 8.63. The number of nitrogens with zero attached hydrogens (tertiary/aromatic N) is 1. The van der Waals surface area contributed by atoms with Crippen LogP contribution in [0, 0.1) is 0 Å².